The molecular weight excluding hydrogens is 348 g/mol. The molecule has 0 bridgehead atoms. The van der Waals surface area contributed by atoms with Crippen LogP contribution >= 0.6 is 0 Å². The summed E-state index contributed by atoms with van der Waals surface area (Å²) in [7, 11) is 0. The first-order valence-electron chi connectivity index (χ1n) is 10.2. The van der Waals surface area contributed by atoms with Gasteiger partial charge >= 0.3 is 0 Å². The van der Waals surface area contributed by atoms with E-state index >= 15 is 0 Å². The van der Waals surface area contributed by atoms with Gasteiger partial charge in [-0.3, -0.25) is 4.79 Å². The molecule has 0 spiro atoms. The molecule has 1 amide bonds. The van der Waals surface area contributed by atoms with Crippen LogP contribution in [0.1, 0.15) is 30.0 Å². The molecule has 28 heavy (non-hydrogen) atoms. The number of hydrogen-bond acceptors (Lipinski definition) is 3. The van der Waals surface area contributed by atoms with Crippen LogP contribution in [0, 0.1) is 6.92 Å². The predicted octanol–water partition coefficient (Wildman–Crippen LogP) is 3.81. The molecule has 4 rings (SSSR count). The third-order valence-corrected chi connectivity index (χ3v) is 5.80. The molecule has 1 saturated heterocycles. The van der Waals surface area contributed by atoms with E-state index in [0.717, 1.165) is 62.0 Å². The van der Waals surface area contributed by atoms with E-state index in [-0.39, 0.29) is 5.91 Å². The molecule has 146 valence electrons. The maximum absolute atomic E-state index is 13.4. The zero-order valence-electron chi connectivity index (χ0n) is 17.0. The fourth-order valence-electron chi connectivity index (χ4n) is 4.19. The maximum atomic E-state index is 13.4. The number of carbonyl (C=O) groups excluding carboxylic acids is 1. The molecule has 0 aliphatic carbocycles. The Morgan fingerprint density at radius 1 is 0.964 bits per heavy atom. The minimum Gasteiger partial charge on any atom is -0.335 e. The average molecular weight is 377 g/mol. The lowest BCUT2D eigenvalue weighted by molar-refractivity contribution is 0.0632. The van der Waals surface area contributed by atoms with Gasteiger partial charge < -0.3 is 14.4 Å². The Kier molecular flexibility index (Phi) is 5.18. The second-order valence-electron chi connectivity index (χ2n) is 7.37. The predicted molar refractivity (Wildman–Crippen MR) is 114 cm³/mol. The first-order valence-corrected chi connectivity index (χ1v) is 10.2. The fourth-order valence-corrected chi connectivity index (χ4v) is 4.19. The number of aryl methyl sites for hydroxylation is 1. The lowest BCUT2D eigenvalue weighted by Crippen LogP contribution is -2.49. The number of amides is 1. The Bertz CT molecular complexity index is 994. The van der Waals surface area contributed by atoms with E-state index in [1.54, 1.807) is 0 Å². The molecular formula is C23H28N4O. The first kappa shape index (κ1) is 18.7. The standard InChI is InChI=1S/C23H28N4O/c1-4-25-13-15-26(16-14-25)23(28)21-17(3)24-22(27(21)5-2)20-12-8-10-18-9-6-7-11-19(18)20/h6-12H,4-5,13-16H2,1-3H3. The van der Waals surface area contributed by atoms with Crippen LogP contribution in [-0.2, 0) is 6.54 Å². The molecule has 3 aromatic rings. The molecule has 2 heterocycles. The summed E-state index contributed by atoms with van der Waals surface area (Å²) in [5, 5.41) is 2.35. The Morgan fingerprint density at radius 3 is 2.39 bits per heavy atom. The zero-order valence-corrected chi connectivity index (χ0v) is 17.0. The van der Waals surface area contributed by atoms with Crippen LogP contribution in [0.2, 0.25) is 0 Å². The minimum absolute atomic E-state index is 0.106. The molecule has 5 heteroatoms. The maximum Gasteiger partial charge on any atom is 0.272 e. The number of nitrogens with zero attached hydrogens (tertiary/aromatic N) is 4. The number of piperazine rings is 1. The quantitative estimate of drug-likeness (QED) is 0.695. The average Bonchev–Trinajstić information content (AvgIpc) is 3.08. The number of fused-ring (bicyclic) bond motifs is 1. The van der Waals surface area contributed by atoms with Crippen LogP contribution in [0.15, 0.2) is 42.5 Å². The molecule has 5 nitrogen and oxygen atoms in total. The van der Waals surface area contributed by atoms with Crippen LogP contribution in [0.3, 0.4) is 0 Å². The summed E-state index contributed by atoms with van der Waals surface area (Å²) in [5.74, 6) is 0.987. The fraction of sp³-hybridized carbons (Fsp3) is 0.391. The highest BCUT2D eigenvalue weighted by Crippen LogP contribution is 2.30. The van der Waals surface area contributed by atoms with Gasteiger partial charge in [-0.25, -0.2) is 4.98 Å². The van der Waals surface area contributed by atoms with E-state index in [2.05, 4.69) is 65.8 Å². The molecule has 0 saturated carbocycles. The molecule has 1 fully saturated rings. The number of carbonyl (C=O) groups is 1. The van der Waals surface area contributed by atoms with E-state index in [9.17, 15) is 4.79 Å². The van der Waals surface area contributed by atoms with Crippen LogP contribution < -0.4 is 0 Å². The van der Waals surface area contributed by atoms with Crippen molar-refractivity contribution in [1.29, 1.82) is 0 Å². The third-order valence-electron chi connectivity index (χ3n) is 5.80. The van der Waals surface area contributed by atoms with Crippen molar-refractivity contribution in [2.24, 2.45) is 0 Å². The molecule has 0 unspecified atom stereocenters. The smallest absolute Gasteiger partial charge is 0.272 e. The van der Waals surface area contributed by atoms with Crippen LogP contribution in [0.25, 0.3) is 22.2 Å². The van der Waals surface area contributed by atoms with E-state index in [1.165, 1.54) is 10.8 Å². The van der Waals surface area contributed by atoms with Crippen molar-refractivity contribution >= 4 is 16.7 Å². The molecule has 1 aliphatic heterocycles. The largest absolute Gasteiger partial charge is 0.335 e. The first-order chi connectivity index (χ1) is 13.6. The van der Waals surface area contributed by atoms with Crippen molar-refractivity contribution in [3.63, 3.8) is 0 Å². The normalized spacial score (nSPS) is 15.3. The molecule has 0 N–H and O–H groups in total. The summed E-state index contributed by atoms with van der Waals surface area (Å²) in [6.07, 6.45) is 0. The van der Waals surface area contributed by atoms with Gasteiger partial charge in [0.05, 0.1) is 5.69 Å². The number of rotatable bonds is 4. The molecule has 1 aromatic heterocycles. The van der Waals surface area contributed by atoms with Gasteiger partial charge in [0.25, 0.3) is 5.91 Å². The van der Waals surface area contributed by atoms with Gasteiger partial charge in [-0.05, 0) is 31.2 Å². The number of hydrogen-bond donors (Lipinski definition) is 0. The summed E-state index contributed by atoms with van der Waals surface area (Å²) >= 11 is 0. The lowest BCUT2D eigenvalue weighted by atomic mass is 10.0. The topological polar surface area (TPSA) is 41.4 Å². The summed E-state index contributed by atoms with van der Waals surface area (Å²) in [6, 6.07) is 14.6. The van der Waals surface area contributed by atoms with Crippen LogP contribution in [0.5, 0.6) is 0 Å². The van der Waals surface area contributed by atoms with Gasteiger partial charge in [0.15, 0.2) is 0 Å². The number of likely N-dealkylation sites (N-methyl/N-ethyl adjacent to an activating group) is 1. The van der Waals surface area contributed by atoms with Crippen LogP contribution in [0.4, 0.5) is 0 Å². The number of aromatic nitrogens is 2. The van der Waals surface area contributed by atoms with Crippen LogP contribution in [-0.4, -0.2) is 58.0 Å². The third kappa shape index (κ3) is 3.20. The van der Waals surface area contributed by atoms with Crippen molar-refractivity contribution in [2.75, 3.05) is 32.7 Å². The second kappa shape index (κ2) is 7.76. The second-order valence-corrected chi connectivity index (χ2v) is 7.37. The molecule has 0 radical (unpaired) electrons. The lowest BCUT2D eigenvalue weighted by Gasteiger charge is -2.34. The van der Waals surface area contributed by atoms with E-state index in [4.69, 9.17) is 4.98 Å². The highest BCUT2D eigenvalue weighted by atomic mass is 16.2. The van der Waals surface area contributed by atoms with Crippen molar-refractivity contribution in [3.05, 3.63) is 53.9 Å². The highest BCUT2D eigenvalue weighted by Gasteiger charge is 2.27. The molecule has 0 atom stereocenters. The summed E-state index contributed by atoms with van der Waals surface area (Å²) in [4.78, 5) is 22.6. The molecule has 1 aliphatic rings. The van der Waals surface area contributed by atoms with Gasteiger partial charge in [-0.15, -0.1) is 0 Å². The molecule has 2 aromatic carbocycles. The van der Waals surface area contributed by atoms with Crippen molar-refractivity contribution in [3.8, 4) is 11.4 Å². The van der Waals surface area contributed by atoms with Gasteiger partial charge in [-0.1, -0.05) is 49.4 Å². The Morgan fingerprint density at radius 2 is 1.68 bits per heavy atom. The van der Waals surface area contributed by atoms with Gasteiger partial charge in [-0.2, -0.15) is 0 Å². The zero-order chi connectivity index (χ0) is 19.7. The van der Waals surface area contributed by atoms with E-state index in [0.29, 0.717) is 0 Å². The summed E-state index contributed by atoms with van der Waals surface area (Å²) in [6.45, 7) is 11.4. The summed E-state index contributed by atoms with van der Waals surface area (Å²) in [5.41, 5.74) is 2.63. The van der Waals surface area contributed by atoms with Gasteiger partial charge in [0.2, 0.25) is 0 Å². The van der Waals surface area contributed by atoms with Crippen molar-refractivity contribution < 1.29 is 4.79 Å². The SMILES string of the molecule is CCN1CCN(C(=O)c2c(C)nc(-c3cccc4ccccc34)n2CC)CC1. The summed E-state index contributed by atoms with van der Waals surface area (Å²) < 4.78 is 2.09. The van der Waals surface area contributed by atoms with E-state index < -0.39 is 0 Å². The number of benzene rings is 2. The van der Waals surface area contributed by atoms with E-state index in [1.807, 2.05) is 11.8 Å². The minimum atomic E-state index is 0.106. The van der Waals surface area contributed by atoms with Gasteiger partial charge in [0, 0.05) is 38.3 Å². The Labute approximate surface area is 166 Å². The monoisotopic (exact) mass is 376 g/mol. The number of imidazole rings is 1. The Balaban J connectivity index is 1.75. The Hall–Kier alpha value is -2.66. The highest BCUT2D eigenvalue weighted by molar-refractivity contribution is 5.98. The van der Waals surface area contributed by atoms with Crippen molar-refractivity contribution in [1.82, 2.24) is 19.4 Å². The van der Waals surface area contributed by atoms with Crippen molar-refractivity contribution in [2.45, 2.75) is 27.3 Å². The van der Waals surface area contributed by atoms with Gasteiger partial charge in [0.1, 0.15) is 11.5 Å².